The van der Waals surface area contributed by atoms with Gasteiger partial charge in [-0.25, -0.2) is 0 Å². The Morgan fingerprint density at radius 1 is 1.30 bits per heavy atom. The summed E-state index contributed by atoms with van der Waals surface area (Å²) in [6, 6.07) is 8.50. The SMILES string of the molecule is NCc1cccc2ccn(CC(=O)NC3CCCC3)c12. The number of aromatic nitrogens is 1. The first-order valence-corrected chi connectivity index (χ1v) is 7.34. The molecule has 4 heteroatoms. The molecule has 0 bridgehead atoms. The zero-order valence-electron chi connectivity index (χ0n) is 11.6. The zero-order valence-corrected chi connectivity index (χ0v) is 11.6. The molecule has 3 N–H and O–H groups in total. The average Bonchev–Trinajstić information content (AvgIpc) is 3.09. The number of nitrogens with two attached hydrogens (primary N) is 1. The third kappa shape index (κ3) is 2.56. The molecule has 0 radical (unpaired) electrons. The number of hydrogen-bond acceptors (Lipinski definition) is 2. The van der Waals surface area contributed by atoms with Crippen molar-refractivity contribution < 1.29 is 4.79 Å². The number of para-hydroxylation sites is 1. The fourth-order valence-corrected chi connectivity index (χ4v) is 3.14. The number of nitrogens with zero attached hydrogens (tertiary/aromatic N) is 1. The Kier molecular flexibility index (Phi) is 3.74. The van der Waals surface area contributed by atoms with Crippen molar-refractivity contribution in [3.05, 3.63) is 36.0 Å². The summed E-state index contributed by atoms with van der Waals surface area (Å²) in [7, 11) is 0. The van der Waals surface area contributed by atoms with E-state index in [0.717, 1.165) is 29.3 Å². The number of rotatable bonds is 4. The van der Waals surface area contributed by atoms with Gasteiger partial charge >= 0.3 is 0 Å². The molecule has 20 heavy (non-hydrogen) atoms. The first kappa shape index (κ1) is 13.2. The van der Waals surface area contributed by atoms with Crippen molar-refractivity contribution in [2.45, 2.75) is 44.8 Å². The summed E-state index contributed by atoms with van der Waals surface area (Å²) in [6.07, 6.45) is 6.67. The highest BCUT2D eigenvalue weighted by molar-refractivity contribution is 5.85. The molecule has 1 aromatic carbocycles. The molecule has 1 aromatic heterocycles. The van der Waals surface area contributed by atoms with Crippen LogP contribution >= 0.6 is 0 Å². The Hall–Kier alpha value is -1.81. The van der Waals surface area contributed by atoms with Gasteiger partial charge in [-0.3, -0.25) is 4.79 Å². The van der Waals surface area contributed by atoms with E-state index in [2.05, 4.69) is 11.4 Å². The van der Waals surface area contributed by atoms with Crippen molar-refractivity contribution in [2.75, 3.05) is 0 Å². The second-order valence-corrected chi connectivity index (χ2v) is 5.55. The fraction of sp³-hybridized carbons (Fsp3) is 0.438. The van der Waals surface area contributed by atoms with Crippen LogP contribution in [0.1, 0.15) is 31.2 Å². The van der Waals surface area contributed by atoms with E-state index in [9.17, 15) is 4.79 Å². The van der Waals surface area contributed by atoms with Crippen LogP contribution in [0.25, 0.3) is 10.9 Å². The van der Waals surface area contributed by atoms with Gasteiger partial charge in [0.1, 0.15) is 6.54 Å². The quantitative estimate of drug-likeness (QED) is 0.895. The lowest BCUT2D eigenvalue weighted by Crippen LogP contribution is -2.35. The van der Waals surface area contributed by atoms with Gasteiger partial charge in [0.2, 0.25) is 5.91 Å². The summed E-state index contributed by atoms with van der Waals surface area (Å²) in [4.78, 5) is 12.1. The monoisotopic (exact) mass is 271 g/mol. The first-order valence-electron chi connectivity index (χ1n) is 7.34. The molecule has 1 heterocycles. The Morgan fingerprint density at radius 2 is 2.10 bits per heavy atom. The van der Waals surface area contributed by atoms with Gasteiger partial charge in [-0.1, -0.05) is 31.0 Å². The maximum Gasteiger partial charge on any atom is 0.240 e. The van der Waals surface area contributed by atoms with E-state index >= 15 is 0 Å². The number of carbonyl (C=O) groups is 1. The Bertz CT molecular complexity index is 611. The molecule has 1 saturated carbocycles. The number of nitrogens with one attached hydrogen (secondary N) is 1. The number of fused-ring (bicyclic) bond motifs is 1. The van der Waals surface area contributed by atoms with Crippen molar-refractivity contribution >= 4 is 16.8 Å². The molecule has 1 amide bonds. The number of carbonyl (C=O) groups excluding carboxylic acids is 1. The van der Waals surface area contributed by atoms with Crippen molar-refractivity contribution in [1.82, 2.24) is 9.88 Å². The second kappa shape index (κ2) is 5.67. The molecular weight excluding hydrogens is 250 g/mol. The number of amides is 1. The first-order chi connectivity index (χ1) is 9.78. The maximum absolute atomic E-state index is 12.1. The Morgan fingerprint density at radius 3 is 2.85 bits per heavy atom. The largest absolute Gasteiger partial charge is 0.352 e. The molecule has 106 valence electrons. The average molecular weight is 271 g/mol. The minimum atomic E-state index is 0.0984. The molecule has 0 atom stereocenters. The van der Waals surface area contributed by atoms with Gasteiger partial charge in [0.15, 0.2) is 0 Å². The number of benzene rings is 1. The van der Waals surface area contributed by atoms with Crippen LogP contribution < -0.4 is 11.1 Å². The molecule has 0 saturated heterocycles. The van der Waals surface area contributed by atoms with Crippen LogP contribution in [0.5, 0.6) is 0 Å². The smallest absolute Gasteiger partial charge is 0.240 e. The van der Waals surface area contributed by atoms with Gasteiger partial charge < -0.3 is 15.6 Å². The lowest BCUT2D eigenvalue weighted by atomic mass is 10.1. The highest BCUT2D eigenvalue weighted by Gasteiger charge is 2.17. The molecule has 1 aliphatic rings. The molecule has 1 aliphatic carbocycles. The third-order valence-corrected chi connectivity index (χ3v) is 4.13. The van der Waals surface area contributed by atoms with Crippen molar-refractivity contribution in [3.8, 4) is 0 Å². The van der Waals surface area contributed by atoms with Gasteiger partial charge in [-0.05, 0) is 29.9 Å². The van der Waals surface area contributed by atoms with Crippen LogP contribution in [-0.4, -0.2) is 16.5 Å². The van der Waals surface area contributed by atoms with Crippen LogP contribution in [0.15, 0.2) is 30.5 Å². The van der Waals surface area contributed by atoms with E-state index in [4.69, 9.17) is 5.73 Å². The summed E-state index contributed by atoms with van der Waals surface area (Å²) in [6.45, 7) is 0.864. The van der Waals surface area contributed by atoms with Crippen LogP contribution in [0, 0.1) is 0 Å². The van der Waals surface area contributed by atoms with Gasteiger partial charge in [0, 0.05) is 18.8 Å². The molecule has 0 aliphatic heterocycles. The summed E-state index contributed by atoms with van der Waals surface area (Å²) in [5, 5.41) is 4.27. The van der Waals surface area contributed by atoms with Gasteiger partial charge in [0.05, 0.1) is 5.52 Å². The number of hydrogen-bond donors (Lipinski definition) is 2. The van der Waals surface area contributed by atoms with Crippen molar-refractivity contribution in [3.63, 3.8) is 0 Å². The molecule has 4 nitrogen and oxygen atoms in total. The second-order valence-electron chi connectivity index (χ2n) is 5.55. The van der Waals surface area contributed by atoms with E-state index in [1.165, 1.54) is 12.8 Å². The Balaban J connectivity index is 1.78. The predicted molar refractivity (Wildman–Crippen MR) is 80.2 cm³/mol. The standard InChI is InChI=1S/C16H21N3O/c17-10-13-5-3-4-12-8-9-19(16(12)13)11-15(20)18-14-6-1-2-7-14/h3-5,8-9,14H,1-2,6-7,10-11,17H2,(H,18,20). The molecule has 0 spiro atoms. The normalized spacial score (nSPS) is 15.8. The van der Waals surface area contributed by atoms with Crippen LogP contribution in [-0.2, 0) is 17.9 Å². The van der Waals surface area contributed by atoms with Crippen LogP contribution in [0.2, 0.25) is 0 Å². The molecule has 1 fully saturated rings. The summed E-state index contributed by atoms with van der Waals surface area (Å²) >= 11 is 0. The molecule has 3 rings (SSSR count). The van der Waals surface area contributed by atoms with Crippen LogP contribution in [0.4, 0.5) is 0 Å². The lowest BCUT2D eigenvalue weighted by molar-refractivity contribution is -0.122. The van der Waals surface area contributed by atoms with Gasteiger partial charge in [-0.2, -0.15) is 0 Å². The van der Waals surface area contributed by atoms with Gasteiger partial charge in [-0.15, -0.1) is 0 Å². The summed E-state index contributed by atoms with van der Waals surface area (Å²) < 4.78 is 2.00. The highest BCUT2D eigenvalue weighted by Crippen LogP contribution is 2.21. The maximum atomic E-state index is 12.1. The molecule has 2 aromatic rings. The Labute approximate surface area is 118 Å². The predicted octanol–water partition coefficient (Wildman–Crippen LogP) is 2.16. The van der Waals surface area contributed by atoms with E-state index < -0.39 is 0 Å². The third-order valence-electron chi connectivity index (χ3n) is 4.13. The molecular formula is C16H21N3O. The molecule has 0 unspecified atom stereocenters. The lowest BCUT2D eigenvalue weighted by Gasteiger charge is -2.13. The summed E-state index contributed by atoms with van der Waals surface area (Å²) in [5.41, 5.74) is 7.96. The minimum absolute atomic E-state index is 0.0984. The van der Waals surface area contributed by atoms with Crippen molar-refractivity contribution in [1.29, 1.82) is 0 Å². The van der Waals surface area contributed by atoms with E-state index in [1.54, 1.807) is 0 Å². The fourth-order valence-electron chi connectivity index (χ4n) is 3.14. The summed E-state index contributed by atoms with van der Waals surface area (Å²) in [5.74, 6) is 0.0984. The van der Waals surface area contributed by atoms with E-state index in [-0.39, 0.29) is 5.91 Å². The highest BCUT2D eigenvalue weighted by atomic mass is 16.2. The van der Waals surface area contributed by atoms with Crippen molar-refractivity contribution in [2.24, 2.45) is 5.73 Å². The van der Waals surface area contributed by atoms with Gasteiger partial charge in [0.25, 0.3) is 0 Å². The zero-order chi connectivity index (χ0) is 13.9. The topological polar surface area (TPSA) is 60.0 Å². The van der Waals surface area contributed by atoms with E-state index in [1.807, 2.05) is 29.0 Å². The minimum Gasteiger partial charge on any atom is -0.352 e. The van der Waals surface area contributed by atoms with Crippen LogP contribution in [0.3, 0.4) is 0 Å². The van der Waals surface area contributed by atoms with E-state index in [0.29, 0.717) is 19.1 Å².